The molecule has 0 bridgehead atoms. The van der Waals surface area contributed by atoms with Crippen molar-refractivity contribution in [2.75, 3.05) is 17.3 Å². The van der Waals surface area contributed by atoms with Gasteiger partial charge in [0.2, 0.25) is 0 Å². The number of aliphatic hydroxyl groups excluding tert-OH is 1. The molecule has 100 valence electrons. The number of rotatable bonds is 4. The van der Waals surface area contributed by atoms with Crippen molar-refractivity contribution >= 4 is 11.6 Å². The monoisotopic (exact) mass is 258 g/mol. The Morgan fingerprint density at radius 3 is 2.72 bits per heavy atom. The van der Waals surface area contributed by atoms with Crippen molar-refractivity contribution < 1.29 is 13.9 Å². The highest BCUT2D eigenvalue weighted by atomic mass is 19.1. The van der Waals surface area contributed by atoms with Gasteiger partial charge in [-0.2, -0.15) is 0 Å². The summed E-state index contributed by atoms with van der Waals surface area (Å²) < 4.78 is 26.7. The van der Waals surface area contributed by atoms with Gasteiger partial charge in [0.25, 0.3) is 0 Å². The summed E-state index contributed by atoms with van der Waals surface area (Å²) in [7, 11) is 0. The first kappa shape index (κ1) is 13.0. The van der Waals surface area contributed by atoms with Gasteiger partial charge >= 0.3 is 0 Å². The van der Waals surface area contributed by atoms with Crippen LogP contribution in [0.15, 0.2) is 6.07 Å². The van der Waals surface area contributed by atoms with Gasteiger partial charge in [-0.3, -0.25) is 0 Å². The Morgan fingerprint density at radius 1 is 1.33 bits per heavy atom. The van der Waals surface area contributed by atoms with Gasteiger partial charge in [-0.1, -0.05) is 6.42 Å². The molecule has 2 unspecified atom stereocenters. The number of aromatic nitrogens is 1. The first-order chi connectivity index (χ1) is 8.65. The Morgan fingerprint density at radius 2 is 2.06 bits per heavy atom. The Hall–Kier alpha value is -1.47. The minimum Gasteiger partial charge on any atom is -0.396 e. The fourth-order valence-electron chi connectivity index (χ4n) is 2.29. The third kappa shape index (κ3) is 2.51. The number of anilines is 2. The van der Waals surface area contributed by atoms with Gasteiger partial charge in [-0.25, -0.2) is 19.6 Å². The van der Waals surface area contributed by atoms with Crippen molar-refractivity contribution in [1.82, 2.24) is 4.98 Å². The third-order valence-corrected chi connectivity index (χ3v) is 3.28. The average molecular weight is 258 g/mol. The second-order valence-corrected chi connectivity index (χ2v) is 4.42. The molecule has 1 saturated carbocycles. The molecule has 0 aliphatic heterocycles. The first-order valence-corrected chi connectivity index (χ1v) is 5.85. The highest BCUT2D eigenvalue weighted by Gasteiger charge is 2.27. The van der Waals surface area contributed by atoms with Crippen LogP contribution in [-0.4, -0.2) is 22.7 Å². The van der Waals surface area contributed by atoms with Crippen LogP contribution < -0.4 is 16.6 Å². The van der Waals surface area contributed by atoms with E-state index >= 15 is 0 Å². The maximum absolute atomic E-state index is 13.6. The van der Waals surface area contributed by atoms with Gasteiger partial charge in [-0.05, 0) is 12.8 Å². The van der Waals surface area contributed by atoms with Crippen LogP contribution >= 0.6 is 0 Å². The van der Waals surface area contributed by atoms with Gasteiger partial charge in [0.15, 0.2) is 23.3 Å². The number of pyridine rings is 1. The molecule has 1 aromatic heterocycles. The van der Waals surface area contributed by atoms with Crippen molar-refractivity contribution in [2.45, 2.75) is 25.3 Å². The molecule has 0 aromatic carbocycles. The van der Waals surface area contributed by atoms with Crippen LogP contribution in [-0.2, 0) is 0 Å². The topological polar surface area (TPSA) is 83.2 Å². The molecule has 1 aliphatic carbocycles. The Labute approximate surface area is 103 Å². The summed E-state index contributed by atoms with van der Waals surface area (Å²) in [6.07, 6.45) is 2.68. The lowest BCUT2D eigenvalue weighted by atomic mass is 10.1. The molecule has 7 heteroatoms. The normalized spacial score (nSPS) is 23.1. The summed E-state index contributed by atoms with van der Waals surface area (Å²) >= 11 is 0. The lowest BCUT2D eigenvalue weighted by Gasteiger charge is -2.20. The molecule has 2 rings (SSSR count). The summed E-state index contributed by atoms with van der Waals surface area (Å²) in [5.41, 5.74) is 2.07. The zero-order valence-corrected chi connectivity index (χ0v) is 9.79. The fraction of sp³-hybridized carbons (Fsp3) is 0.545. The number of aliphatic hydroxyl groups is 1. The quantitative estimate of drug-likeness (QED) is 0.482. The van der Waals surface area contributed by atoms with Crippen molar-refractivity contribution in [2.24, 2.45) is 11.8 Å². The molecule has 1 fully saturated rings. The molecule has 0 amide bonds. The summed E-state index contributed by atoms with van der Waals surface area (Å²) in [5.74, 6) is 3.30. The number of hydrogen-bond donors (Lipinski definition) is 4. The summed E-state index contributed by atoms with van der Waals surface area (Å²) in [6.45, 7) is 0.0441. The van der Waals surface area contributed by atoms with Crippen LogP contribution in [0.5, 0.6) is 0 Å². The molecule has 0 radical (unpaired) electrons. The molecule has 0 saturated heterocycles. The van der Waals surface area contributed by atoms with Crippen LogP contribution in [0.3, 0.4) is 0 Å². The van der Waals surface area contributed by atoms with Crippen LogP contribution in [0, 0.1) is 17.6 Å². The molecular weight excluding hydrogens is 242 g/mol. The van der Waals surface area contributed by atoms with Crippen LogP contribution in [0.25, 0.3) is 0 Å². The van der Waals surface area contributed by atoms with Crippen LogP contribution in [0.2, 0.25) is 0 Å². The maximum Gasteiger partial charge on any atom is 0.178 e. The smallest absolute Gasteiger partial charge is 0.178 e. The van der Waals surface area contributed by atoms with E-state index in [-0.39, 0.29) is 30.2 Å². The van der Waals surface area contributed by atoms with Gasteiger partial charge < -0.3 is 15.8 Å². The van der Waals surface area contributed by atoms with E-state index in [1.165, 1.54) is 0 Å². The van der Waals surface area contributed by atoms with Crippen molar-refractivity contribution in [3.8, 4) is 0 Å². The van der Waals surface area contributed by atoms with Gasteiger partial charge in [-0.15, -0.1) is 0 Å². The maximum atomic E-state index is 13.6. The van der Waals surface area contributed by atoms with E-state index in [4.69, 9.17) is 5.84 Å². The lowest BCUT2D eigenvalue weighted by molar-refractivity contribution is 0.222. The molecule has 2 atom stereocenters. The molecule has 1 aliphatic rings. The summed E-state index contributed by atoms with van der Waals surface area (Å²) in [5, 5.41) is 12.1. The Balaban J connectivity index is 2.18. The van der Waals surface area contributed by atoms with E-state index in [9.17, 15) is 13.9 Å². The molecular formula is C11H16F2N4O. The van der Waals surface area contributed by atoms with Crippen LogP contribution in [0.1, 0.15) is 19.3 Å². The van der Waals surface area contributed by atoms with E-state index in [2.05, 4.69) is 15.7 Å². The van der Waals surface area contributed by atoms with Crippen molar-refractivity contribution in [3.05, 3.63) is 17.7 Å². The van der Waals surface area contributed by atoms with E-state index in [1.54, 1.807) is 0 Å². The number of nitrogens with one attached hydrogen (secondary N) is 2. The van der Waals surface area contributed by atoms with Gasteiger partial charge in [0.05, 0.1) is 0 Å². The standard InChI is InChI=1S/C11H16F2N4O/c12-7-4-8(13)11(17-14)16-10(7)15-9-3-1-2-6(9)5-18/h4,6,9,18H,1-3,5,14H2,(H2,15,16,17). The van der Waals surface area contributed by atoms with E-state index < -0.39 is 11.6 Å². The second kappa shape index (κ2) is 5.45. The first-order valence-electron chi connectivity index (χ1n) is 5.85. The Bertz CT molecular complexity index is 430. The minimum atomic E-state index is -0.842. The fourth-order valence-corrected chi connectivity index (χ4v) is 2.29. The zero-order valence-electron chi connectivity index (χ0n) is 9.79. The number of nitrogens with zero attached hydrogens (tertiary/aromatic N) is 1. The molecule has 18 heavy (non-hydrogen) atoms. The number of halogens is 2. The largest absolute Gasteiger partial charge is 0.396 e. The minimum absolute atomic E-state index is 0.0441. The van der Waals surface area contributed by atoms with Gasteiger partial charge in [0, 0.05) is 24.6 Å². The highest BCUT2D eigenvalue weighted by molar-refractivity contribution is 5.47. The molecule has 1 heterocycles. The van der Waals surface area contributed by atoms with Crippen LogP contribution in [0.4, 0.5) is 20.4 Å². The number of nitrogens with two attached hydrogens (primary N) is 1. The van der Waals surface area contributed by atoms with E-state index in [1.807, 2.05) is 0 Å². The molecule has 5 N–H and O–H groups in total. The highest BCUT2D eigenvalue weighted by Crippen LogP contribution is 2.29. The lowest BCUT2D eigenvalue weighted by Crippen LogP contribution is -2.27. The molecule has 5 nitrogen and oxygen atoms in total. The molecule has 0 spiro atoms. The summed E-state index contributed by atoms with van der Waals surface area (Å²) in [6, 6.07) is 0.682. The van der Waals surface area contributed by atoms with E-state index in [0.717, 1.165) is 25.3 Å². The average Bonchev–Trinajstić information content (AvgIpc) is 2.79. The van der Waals surface area contributed by atoms with Crippen molar-refractivity contribution in [1.29, 1.82) is 0 Å². The van der Waals surface area contributed by atoms with Gasteiger partial charge in [0.1, 0.15) is 0 Å². The third-order valence-electron chi connectivity index (χ3n) is 3.28. The summed E-state index contributed by atoms with van der Waals surface area (Å²) in [4.78, 5) is 3.74. The predicted molar refractivity (Wildman–Crippen MR) is 63.8 cm³/mol. The second-order valence-electron chi connectivity index (χ2n) is 4.42. The number of hydrazine groups is 1. The SMILES string of the molecule is NNc1nc(NC2CCCC2CO)c(F)cc1F. The number of nitrogen functional groups attached to an aromatic ring is 1. The Kier molecular flexibility index (Phi) is 3.93. The zero-order chi connectivity index (χ0) is 13.1. The van der Waals surface area contributed by atoms with Crippen molar-refractivity contribution in [3.63, 3.8) is 0 Å². The van der Waals surface area contributed by atoms with E-state index in [0.29, 0.717) is 0 Å². The predicted octanol–water partition coefficient (Wildman–Crippen LogP) is 1.22. The molecule has 1 aromatic rings. The number of hydrogen-bond acceptors (Lipinski definition) is 5.